The lowest BCUT2D eigenvalue weighted by Gasteiger charge is -2.32. The van der Waals surface area contributed by atoms with Crippen LogP contribution < -0.4 is 0 Å². The number of carbonyl (C=O) groups is 1. The number of nitrogens with zero attached hydrogens (tertiary/aromatic N) is 3. The highest BCUT2D eigenvalue weighted by Crippen LogP contribution is 2.36. The number of aliphatic carboxylic acids is 1. The molecule has 2 aliphatic rings. The van der Waals surface area contributed by atoms with Crippen LogP contribution in [0.3, 0.4) is 0 Å². The molecule has 1 unspecified atom stereocenters. The summed E-state index contributed by atoms with van der Waals surface area (Å²) in [4.78, 5) is 22.7. The van der Waals surface area contributed by atoms with E-state index in [1.165, 1.54) is 11.1 Å². The molecule has 1 atom stereocenters. The van der Waals surface area contributed by atoms with Crippen LogP contribution in [0.1, 0.15) is 16.8 Å². The van der Waals surface area contributed by atoms with Crippen LogP contribution in [0.4, 0.5) is 5.69 Å². The van der Waals surface area contributed by atoms with Crippen LogP contribution in [-0.4, -0.2) is 37.9 Å². The predicted octanol–water partition coefficient (Wildman–Crippen LogP) is 4.02. The minimum Gasteiger partial charge on any atom is -0.481 e. The Morgan fingerprint density at radius 1 is 1.21 bits per heavy atom. The van der Waals surface area contributed by atoms with Gasteiger partial charge in [-0.3, -0.25) is 9.78 Å². The van der Waals surface area contributed by atoms with Crippen LogP contribution in [-0.2, 0) is 24.2 Å². The average Bonchev–Trinajstić information content (AvgIpc) is 3.08. The molecule has 0 bridgehead atoms. The van der Waals surface area contributed by atoms with Crippen LogP contribution in [0.5, 0.6) is 0 Å². The Morgan fingerprint density at radius 3 is 2.93 bits per heavy atom. The fourth-order valence-corrected chi connectivity index (χ4v) is 5.14. The van der Waals surface area contributed by atoms with Crippen molar-refractivity contribution in [2.24, 2.45) is 4.99 Å². The number of rotatable bonds is 3. The summed E-state index contributed by atoms with van der Waals surface area (Å²) in [6.07, 6.45) is 2.71. The first-order chi connectivity index (χ1) is 13.7. The van der Waals surface area contributed by atoms with Gasteiger partial charge in [0.1, 0.15) is 0 Å². The summed E-state index contributed by atoms with van der Waals surface area (Å²) in [5.74, 6) is 0.167. The van der Waals surface area contributed by atoms with Crippen LogP contribution in [0.2, 0.25) is 0 Å². The summed E-state index contributed by atoms with van der Waals surface area (Å²) < 4.78 is 0. The zero-order chi connectivity index (χ0) is 19.1. The van der Waals surface area contributed by atoms with E-state index in [4.69, 9.17) is 10.1 Å². The molecule has 1 N–H and O–H groups in total. The summed E-state index contributed by atoms with van der Waals surface area (Å²) in [6.45, 7) is 0.892. The first-order valence-corrected chi connectivity index (χ1v) is 10.3. The number of amidine groups is 1. The van der Waals surface area contributed by atoms with Crippen molar-refractivity contribution in [3.63, 3.8) is 0 Å². The molecule has 1 saturated heterocycles. The van der Waals surface area contributed by atoms with E-state index in [2.05, 4.69) is 34.1 Å². The van der Waals surface area contributed by atoms with Crippen LogP contribution >= 0.6 is 11.8 Å². The predicted molar refractivity (Wildman–Crippen MR) is 112 cm³/mol. The van der Waals surface area contributed by atoms with Crippen molar-refractivity contribution in [3.05, 3.63) is 71.5 Å². The van der Waals surface area contributed by atoms with Crippen LogP contribution in [0.25, 0.3) is 10.8 Å². The first kappa shape index (κ1) is 17.3. The van der Waals surface area contributed by atoms with Crippen molar-refractivity contribution in [1.82, 2.24) is 9.88 Å². The van der Waals surface area contributed by atoms with Crippen LogP contribution in [0, 0.1) is 0 Å². The lowest BCUT2D eigenvalue weighted by molar-refractivity contribution is -0.136. The summed E-state index contributed by atoms with van der Waals surface area (Å²) in [5.41, 5.74) is 4.24. The lowest BCUT2D eigenvalue weighted by atomic mass is 9.95. The van der Waals surface area contributed by atoms with E-state index in [1.54, 1.807) is 18.0 Å². The molecule has 1 fully saturated rings. The molecule has 140 valence electrons. The zero-order valence-corrected chi connectivity index (χ0v) is 16.0. The third-order valence-corrected chi connectivity index (χ3v) is 6.49. The maximum Gasteiger partial charge on any atom is 0.309 e. The molecule has 2 aliphatic heterocycles. The number of carboxylic acid groups (broad SMARTS) is 1. The number of pyridine rings is 1. The molecule has 2 aromatic carbocycles. The molecule has 6 heteroatoms. The van der Waals surface area contributed by atoms with E-state index >= 15 is 0 Å². The second-order valence-electron chi connectivity index (χ2n) is 7.20. The van der Waals surface area contributed by atoms with Gasteiger partial charge in [0.25, 0.3) is 0 Å². The Hall–Kier alpha value is -2.86. The SMILES string of the molecule is O=C(O)Cc1cc2c(N=C3SCC4Cc5ccccc5CN34)cccc2cn1. The molecule has 3 heterocycles. The molecule has 3 aromatic rings. The highest BCUT2D eigenvalue weighted by atomic mass is 32.2. The topological polar surface area (TPSA) is 65.8 Å². The molecule has 0 spiro atoms. The standard InChI is InChI=1S/C22H19N3O2S/c26-21(27)10-17-9-19-15(11-23-17)6-3-7-20(19)24-22-25-12-16-5-2-1-4-14(16)8-18(25)13-28-22/h1-7,9,11,18H,8,10,12-13H2,(H,26,27). The summed E-state index contributed by atoms with van der Waals surface area (Å²) in [6, 6.07) is 16.9. The molecule has 0 saturated carbocycles. The number of carboxylic acids is 1. The second-order valence-corrected chi connectivity index (χ2v) is 8.19. The third-order valence-electron chi connectivity index (χ3n) is 5.35. The molecule has 0 aliphatic carbocycles. The van der Waals surface area contributed by atoms with Crippen molar-refractivity contribution < 1.29 is 9.90 Å². The quantitative estimate of drug-likeness (QED) is 0.733. The van der Waals surface area contributed by atoms with Crippen molar-refractivity contribution in [2.75, 3.05) is 5.75 Å². The van der Waals surface area contributed by atoms with Gasteiger partial charge in [-0.15, -0.1) is 0 Å². The van der Waals surface area contributed by atoms with E-state index in [-0.39, 0.29) is 6.42 Å². The normalized spacial score (nSPS) is 19.6. The Balaban J connectivity index is 1.52. The molecule has 5 rings (SSSR count). The molecule has 5 nitrogen and oxygen atoms in total. The van der Waals surface area contributed by atoms with E-state index < -0.39 is 5.97 Å². The third kappa shape index (κ3) is 3.14. The molecule has 0 amide bonds. The average molecular weight is 389 g/mol. The van der Waals surface area contributed by atoms with Gasteiger partial charge < -0.3 is 10.0 Å². The minimum absolute atomic E-state index is 0.0828. The molecular formula is C22H19N3O2S. The summed E-state index contributed by atoms with van der Waals surface area (Å²) in [7, 11) is 0. The second kappa shape index (κ2) is 6.95. The molecular weight excluding hydrogens is 370 g/mol. The zero-order valence-electron chi connectivity index (χ0n) is 15.2. The fourth-order valence-electron chi connectivity index (χ4n) is 3.96. The van der Waals surface area contributed by atoms with E-state index in [1.807, 2.05) is 24.3 Å². The maximum atomic E-state index is 11.0. The van der Waals surface area contributed by atoms with Gasteiger partial charge in [0.2, 0.25) is 0 Å². The Morgan fingerprint density at radius 2 is 2.07 bits per heavy atom. The van der Waals surface area contributed by atoms with Crippen LogP contribution in [0.15, 0.2) is 59.7 Å². The Labute approximate surface area is 167 Å². The largest absolute Gasteiger partial charge is 0.481 e. The molecule has 28 heavy (non-hydrogen) atoms. The van der Waals surface area contributed by atoms with Gasteiger partial charge in [0.05, 0.1) is 17.8 Å². The van der Waals surface area contributed by atoms with Crippen molar-refractivity contribution in [2.45, 2.75) is 25.4 Å². The highest BCUT2D eigenvalue weighted by Gasteiger charge is 2.34. The summed E-state index contributed by atoms with van der Waals surface area (Å²) in [5, 5.41) is 12.0. The van der Waals surface area contributed by atoms with E-state index in [9.17, 15) is 4.79 Å². The van der Waals surface area contributed by atoms with E-state index in [0.717, 1.165) is 40.3 Å². The van der Waals surface area contributed by atoms with Crippen molar-refractivity contribution in [3.8, 4) is 0 Å². The Kier molecular flexibility index (Phi) is 4.28. The smallest absolute Gasteiger partial charge is 0.309 e. The maximum absolute atomic E-state index is 11.0. The van der Waals surface area contributed by atoms with Gasteiger partial charge in [-0.2, -0.15) is 0 Å². The molecule has 1 aromatic heterocycles. The highest BCUT2D eigenvalue weighted by molar-refractivity contribution is 8.14. The van der Waals surface area contributed by atoms with Gasteiger partial charge in [0, 0.05) is 35.3 Å². The number of aromatic nitrogens is 1. The number of hydrogen-bond donors (Lipinski definition) is 1. The van der Waals surface area contributed by atoms with Crippen molar-refractivity contribution in [1.29, 1.82) is 0 Å². The number of fused-ring (bicyclic) bond motifs is 3. The van der Waals surface area contributed by atoms with Gasteiger partial charge >= 0.3 is 5.97 Å². The van der Waals surface area contributed by atoms with Gasteiger partial charge in [-0.05, 0) is 29.7 Å². The Bertz CT molecular complexity index is 1110. The minimum atomic E-state index is -0.878. The number of thioether (sulfide) groups is 1. The van der Waals surface area contributed by atoms with Crippen molar-refractivity contribution >= 4 is 39.4 Å². The lowest BCUT2D eigenvalue weighted by Crippen LogP contribution is -2.38. The van der Waals surface area contributed by atoms with E-state index in [0.29, 0.717) is 11.7 Å². The first-order valence-electron chi connectivity index (χ1n) is 9.32. The molecule has 0 radical (unpaired) electrons. The van der Waals surface area contributed by atoms with Gasteiger partial charge in [-0.1, -0.05) is 48.2 Å². The number of benzene rings is 2. The fraction of sp³-hybridized carbons (Fsp3) is 0.227. The number of hydrogen-bond acceptors (Lipinski definition) is 4. The summed E-state index contributed by atoms with van der Waals surface area (Å²) >= 11 is 1.80. The van der Waals surface area contributed by atoms with Gasteiger partial charge in [0.15, 0.2) is 5.17 Å². The monoisotopic (exact) mass is 389 g/mol. The van der Waals surface area contributed by atoms with Gasteiger partial charge in [-0.25, -0.2) is 4.99 Å². The number of aliphatic imine (C=N–C) groups is 1.